The first kappa shape index (κ1) is 15.0. The minimum Gasteiger partial charge on any atom is -0.394 e. The van der Waals surface area contributed by atoms with E-state index in [0.717, 1.165) is 12.0 Å². The molecule has 1 amide bonds. The number of aliphatic hydroxyl groups excluding tert-OH is 1. The van der Waals surface area contributed by atoms with E-state index in [9.17, 15) is 9.90 Å². The molecule has 0 aliphatic heterocycles. The van der Waals surface area contributed by atoms with Crippen LogP contribution in [0, 0.1) is 0 Å². The van der Waals surface area contributed by atoms with Gasteiger partial charge < -0.3 is 10.4 Å². The Hall–Kier alpha value is -1.36. The molecule has 20 heavy (non-hydrogen) atoms. The molecule has 1 aromatic carbocycles. The van der Waals surface area contributed by atoms with Crippen molar-refractivity contribution in [2.24, 2.45) is 0 Å². The second-order valence-electron chi connectivity index (χ2n) is 4.43. The first-order valence-corrected chi connectivity index (χ1v) is 7.63. The number of carbonyl (C=O) groups excluding carboxylic acids is 1. The van der Waals surface area contributed by atoms with Crippen LogP contribution < -0.4 is 5.32 Å². The number of rotatable bonds is 6. The quantitative estimate of drug-likeness (QED) is 0.861. The lowest BCUT2D eigenvalue weighted by atomic mass is 10.1. The largest absolute Gasteiger partial charge is 0.394 e. The summed E-state index contributed by atoms with van der Waals surface area (Å²) >= 11 is 7.47. The van der Waals surface area contributed by atoms with Crippen molar-refractivity contribution < 1.29 is 9.90 Å². The van der Waals surface area contributed by atoms with E-state index in [1.165, 1.54) is 4.88 Å². The van der Waals surface area contributed by atoms with Crippen LogP contribution in [0.25, 0.3) is 0 Å². The number of benzene rings is 1. The average molecular weight is 310 g/mol. The fourth-order valence-electron chi connectivity index (χ4n) is 1.89. The zero-order valence-corrected chi connectivity index (χ0v) is 12.5. The lowest BCUT2D eigenvalue weighted by Crippen LogP contribution is -2.30. The molecule has 0 bridgehead atoms. The highest BCUT2D eigenvalue weighted by atomic mass is 35.5. The summed E-state index contributed by atoms with van der Waals surface area (Å²) in [6.07, 6.45) is 1.15. The molecule has 0 spiro atoms. The summed E-state index contributed by atoms with van der Waals surface area (Å²) in [7, 11) is 0. The second kappa shape index (κ2) is 7.43. The Morgan fingerprint density at radius 2 is 2.05 bits per heavy atom. The second-order valence-corrected chi connectivity index (χ2v) is 5.90. The molecule has 0 saturated carbocycles. The Kier molecular flexibility index (Phi) is 5.59. The van der Waals surface area contributed by atoms with Gasteiger partial charge in [-0.25, -0.2) is 0 Å². The van der Waals surface area contributed by atoms with Gasteiger partial charge in [-0.05, 0) is 35.6 Å². The molecule has 2 N–H and O–H groups in total. The minimum atomic E-state index is -0.386. The SMILES string of the molecule is O=C(CCc1cccs1)NC(CO)c1ccc(Cl)cc1. The maximum Gasteiger partial charge on any atom is 0.220 e. The van der Waals surface area contributed by atoms with E-state index in [1.54, 1.807) is 23.5 Å². The van der Waals surface area contributed by atoms with Crippen molar-refractivity contribution in [2.45, 2.75) is 18.9 Å². The lowest BCUT2D eigenvalue weighted by molar-refractivity contribution is -0.122. The Morgan fingerprint density at radius 3 is 2.65 bits per heavy atom. The zero-order valence-electron chi connectivity index (χ0n) is 10.9. The van der Waals surface area contributed by atoms with Crippen LogP contribution in [-0.2, 0) is 11.2 Å². The van der Waals surface area contributed by atoms with Crippen LogP contribution in [0.2, 0.25) is 5.02 Å². The van der Waals surface area contributed by atoms with Gasteiger partial charge in [0.15, 0.2) is 0 Å². The fourth-order valence-corrected chi connectivity index (χ4v) is 2.72. The minimum absolute atomic E-state index is 0.0626. The van der Waals surface area contributed by atoms with Gasteiger partial charge in [-0.1, -0.05) is 29.8 Å². The third kappa shape index (κ3) is 4.34. The van der Waals surface area contributed by atoms with Crippen molar-refractivity contribution in [3.63, 3.8) is 0 Å². The summed E-state index contributed by atoms with van der Waals surface area (Å²) < 4.78 is 0. The lowest BCUT2D eigenvalue weighted by Gasteiger charge is -2.16. The average Bonchev–Trinajstić information content (AvgIpc) is 2.97. The van der Waals surface area contributed by atoms with E-state index in [-0.39, 0.29) is 18.6 Å². The third-order valence-electron chi connectivity index (χ3n) is 2.97. The van der Waals surface area contributed by atoms with Crippen LogP contribution in [0.3, 0.4) is 0 Å². The molecule has 0 aliphatic rings. The summed E-state index contributed by atoms with van der Waals surface area (Å²) in [6, 6.07) is 10.7. The summed E-state index contributed by atoms with van der Waals surface area (Å²) in [4.78, 5) is 13.1. The van der Waals surface area contributed by atoms with Gasteiger partial charge in [0.05, 0.1) is 12.6 Å². The van der Waals surface area contributed by atoms with Crippen molar-refractivity contribution >= 4 is 28.8 Å². The molecule has 1 unspecified atom stereocenters. The molecule has 0 radical (unpaired) electrons. The molecule has 5 heteroatoms. The molecule has 0 aliphatic carbocycles. The number of amides is 1. The number of thiophene rings is 1. The third-order valence-corrected chi connectivity index (χ3v) is 4.16. The summed E-state index contributed by atoms with van der Waals surface area (Å²) in [6.45, 7) is -0.133. The monoisotopic (exact) mass is 309 g/mol. The number of nitrogens with one attached hydrogen (secondary N) is 1. The van der Waals surface area contributed by atoms with Crippen LogP contribution in [-0.4, -0.2) is 17.6 Å². The number of hydrogen-bond donors (Lipinski definition) is 2. The van der Waals surface area contributed by atoms with Gasteiger partial charge in [0, 0.05) is 16.3 Å². The molecule has 106 valence electrons. The predicted molar refractivity (Wildman–Crippen MR) is 82.1 cm³/mol. The molecule has 1 atom stereocenters. The normalized spacial score (nSPS) is 12.1. The van der Waals surface area contributed by atoms with Crippen LogP contribution in [0.4, 0.5) is 0 Å². The Bertz CT molecular complexity index is 540. The maximum atomic E-state index is 11.9. The van der Waals surface area contributed by atoms with Crippen molar-refractivity contribution in [2.75, 3.05) is 6.61 Å². The van der Waals surface area contributed by atoms with E-state index in [2.05, 4.69) is 5.32 Å². The number of halogens is 1. The number of aryl methyl sites for hydroxylation is 1. The van der Waals surface area contributed by atoms with Gasteiger partial charge in [-0.2, -0.15) is 0 Å². The number of carbonyl (C=O) groups is 1. The fraction of sp³-hybridized carbons (Fsp3) is 0.267. The first-order valence-electron chi connectivity index (χ1n) is 6.37. The topological polar surface area (TPSA) is 49.3 Å². The Morgan fingerprint density at radius 1 is 1.30 bits per heavy atom. The van der Waals surface area contributed by atoms with Gasteiger partial charge in [0.2, 0.25) is 5.91 Å². The standard InChI is InChI=1S/C15H16ClNO2S/c16-12-5-3-11(4-6-12)14(10-18)17-15(19)8-7-13-2-1-9-20-13/h1-6,9,14,18H,7-8,10H2,(H,17,19). The summed E-state index contributed by atoms with van der Waals surface area (Å²) in [5.74, 6) is -0.0626. The summed E-state index contributed by atoms with van der Waals surface area (Å²) in [5, 5.41) is 14.9. The Balaban J connectivity index is 1.89. The van der Waals surface area contributed by atoms with Gasteiger partial charge in [0.25, 0.3) is 0 Å². The molecule has 1 aromatic heterocycles. The van der Waals surface area contributed by atoms with Crippen LogP contribution in [0.15, 0.2) is 41.8 Å². The van der Waals surface area contributed by atoms with E-state index in [1.807, 2.05) is 29.6 Å². The molecule has 0 saturated heterocycles. The molecule has 1 heterocycles. The van der Waals surface area contributed by atoms with Gasteiger partial charge in [-0.15, -0.1) is 11.3 Å². The summed E-state index contributed by atoms with van der Waals surface area (Å²) in [5.41, 5.74) is 0.848. The molecule has 0 fully saturated rings. The van der Waals surface area contributed by atoms with Crippen LogP contribution in [0.1, 0.15) is 22.9 Å². The molecule has 3 nitrogen and oxygen atoms in total. The van der Waals surface area contributed by atoms with Gasteiger partial charge in [-0.3, -0.25) is 4.79 Å². The molecule has 2 rings (SSSR count). The van der Waals surface area contributed by atoms with Crippen LogP contribution >= 0.6 is 22.9 Å². The molecular formula is C15H16ClNO2S. The van der Waals surface area contributed by atoms with Crippen molar-refractivity contribution in [3.05, 3.63) is 57.2 Å². The maximum absolute atomic E-state index is 11.9. The van der Waals surface area contributed by atoms with Crippen LogP contribution in [0.5, 0.6) is 0 Å². The van der Waals surface area contributed by atoms with Crippen molar-refractivity contribution in [1.82, 2.24) is 5.32 Å². The number of aliphatic hydroxyl groups is 1. The van der Waals surface area contributed by atoms with Crippen molar-refractivity contribution in [3.8, 4) is 0 Å². The van der Waals surface area contributed by atoms with Crippen molar-refractivity contribution in [1.29, 1.82) is 0 Å². The first-order chi connectivity index (χ1) is 9.69. The highest BCUT2D eigenvalue weighted by Gasteiger charge is 2.13. The highest BCUT2D eigenvalue weighted by molar-refractivity contribution is 7.09. The van der Waals surface area contributed by atoms with Gasteiger partial charge >= 0.3 is 0 Å². The number of hydrogen-bond acceptors (Lipinski definition) is 3. The smallest absolute Gasteiger partial charge is 0.220 e. The predicted octanol–water partition coefficient (Wildman–Crippen LogP) is 3.18. The molecular weight excluding hydrogens is 294 g/mol. The Labute approximate surface area is 127 Å². The van der Waals surface area contributed by atoms with E-state index in [0.29, 0.717) is 11.4 Å². The van der Waals surface area contributed by atoms with E-state index >= 15 is 0 Å². The van der Waals surface area contributed by atoms with Gasteiger partial charge in [0.1, 0.15) is 0 Å². The highest BCUT2D eigenvalue weighted by Crippen LogP contribution is 2.17. The van der Waals surface area contributed by atoms with E-state index in [4.69, 9.17) is 11.6 Å². The zero-order chi connectivity index (χ0) is 14.4. The molecule has 2 aromatic rings. The van der Waals surface area contributed by atoms with E-state index < -0.39 is 0 Å².